The normalized spacial score (nSPS) is 16.5. The Balaban J connectivity index is 1.69. The summed E-state index contributed by atoms with van der Waals surface area (Å²) in [5.41, 5.74) is 2.37. The van der Waals surface area contributed by atoms with Crippen molar-refractivity contribution in [1.29, 1.82) is 0 Å². The van der Waals surface area contributed by atoms with Crippen molar-refractivity contribution in [3.63, 3.8) is 0 Å². The highest BCUT2D eigenvalue weighted by molar-refractivity contribution is 7.10. The van der Waals surface area contributed by atoms with Crippen LogP contribution in [0.5, 0.6) is 5.75 Å². The summed E-state index contributed by atoms with van der Waals surface area (Å²) >= 11 is 1.75. The molecule has 1 aliphatic heterocycles. The molecule has 32 heavy (non-hydrogen) atoms. The van der Waals surface area contributed by atoms with Gasteiger partial charge in [-0.25, -0.2) is 0 Å². The number of ether oxygens (including phenoxy) is 1. The molecule has 2 aromatic rings. The third-order valence-corrected chi connectivity index (χ3v) is 6.76. The fraction of sp³-hybridized carbons (Fsp3) is 0.423. The van der Waals surface area contributed by atoms with E-state index in [0.717, 1.165) is 18.6 Å². The number of aliphatic hydroxyl groups is 1. The Morgan fingerprint density at radius 3 is 2.81 bits per heavy atom. The van der Waals surface area contributed by atoms with Gasteiger partial charge >= 0.3 is 0 Å². The summed E-state index contributed by atoms with van der Waals surface area (Å²) in [4.78, 5) is 18.6. The van der Waals surface area contributed by atoms with Gasteiger partial charge in [0.2, 0.25) is 5.91 Å². The number of carbonyl (C=O) groups is 1. The Bertz CT molecular complexity index is 893. The highest BCUT2D eigenvalue weighted by Crippen LogP contribution is 2.34. The van der Waals surface area contributed by atoms with Crippen LogP contribution in [-0.4, -0.2) is 59.7 Å². The van der Waals surface area contributed by atoms with Crippen LogP contribution in [0.4, 0.5) is 0 Å². The first-order chi connectivity index (χ1) is 15.5. The zero-order valence-electron chi connectivity index (χ0n) is 18.9. The zero-order valence-corrected chi connectivity index (χ0v) is 19.7. The average Bonchev–Trinajstić information content (AvgIpc) is 3.26. The van der Waals surface area contributed by atoms with Crippen LogP contribution in [0.1, 0.15) is 34.9 Å². The van der Waals surface area contributed by atoms with Crippen LogP contribution >= 0.6 is 11.3 Å². The lowest BCUT2D eigenvalue weighted by Crippen LogP contribution is -2.47. The highest BCUT2D eigenvalue weighted by atomic mass is 32.1. The number of nitrogens with zero attached hydrogens (tertiary/aromatic N) is 2. The first kappa shape index (κ1) is 24.2. The summed E-state index contributed by atoms with van der Waals surface area (Å²) in [5.74, 6) is 0.862. The molecule has 1 aromatic carbocycles. The fourth-order valence-corrected chi connectivity index (χ4v) is 4.98. The Morgan fingerprint density at radius 2 is 2.09 bits per heavy atom. The average molecular weight is 455 g/mol. The van der Waals surface area contributed by atoms with E-state index in [1.807, 2.05) is 41.0 Å². The van der Waals surface area contributed by atoms with Crippen molar-refractivity contribution in [2.45, 2.75) is 38.3 Å². The standard InChI is InChI=1S/C26H34N2O3S/c1-4-6-7-21(29)17-27(14-5-2)18-26(30)28-15-12-25-23(13-16-32-25)24(28)19-31-22-10-8-20(3)9-11-22/h4-5,8-11,13,16,21,24,29H,1-2,6-7,12,14-15,17-19H2,3H3/t21-,24+/m1/s1. The fourth-order valence-electron chi connectivity index (χ4n) is 4.05. The van der Waals surface area contributed by atoms with Crippen LogP contribution in [0.15, 0.2) is 61.0 Å². The van der Waals surface area contributed by atoms with Crippen molar-refractivity contribution >= 4 is 17.2 Å². The molecule has 0 saturated carbocycles. The molecule has 0 unspecified atom stereocenters. The molecule has 5 nitrogen and oxygen atoms in total. The van der Waals surface area contributed by atoms with Gasteiger partial charge in [0, 0.05) is 24.5 Å². The van der Waals surface area contributed by atoms with Gasteiger partial charge in [0.1, 0.15) is 12.4 Å². The van der Waals surface area contributed by atoms with Gasteiger partial charge in [0.15, 0.2) is 0 Å². The second-order valence-electron chi connectivity index (χ2n) is 8.28. The van der Waals surface area contributed by atoms with Crippen molar-refractivity contribution in [2.24, 2.45) is 0 Å². The van der Waals surface area contributed by atoms with Gasteiger partial charge in [-0.05, 0) is 55.3 Å². The number of hydrogen-bond acceptors (Lipinski definition) is 5. The molecule has 0 bridgehead atoms. The zero-order chi connectivity index (χ0) is 22.9. The molecule has 2 atom stereocenters. The maximum Gasteiger partial charge on any atom is 0.237 e. The predicted octanol–water partition coefficient (Wildman–Crippen LogP) is 4.38. The summed E-state index contributed by atoms with van der Waals surface area (Å²) in [6.45, 7) is 11.9. The number of hydrogen-bond donors (Lipinski definition) is 1. The molecule has 172 valence electrons. The molecule has 1 aromatic heterocycles. The highest BCUT2D eigenvalue weighted by Gasteiger charge is 2.33. The Labute approximate surface area is 195 Å². The first-order valence-electron chi connectivity index (χ1n) is 11.2. The van der Waals surface area contributed by atoms with Crippen molar-refractivity contribution in [3.05, 3.63) is 77.0 Å². The second kappa shape index (κ2) is 12.0. The number of fused-ring (bicyclic) bond motifs is 1. The van der Waals surface area contributed by atoms with Gasteiger partial charge in [-0.2, -0.15) is 0 Å². The van der Waals surface area contributed by atoms with E-state index in [4.69, 9.17) is 4.74 Å². The van der Waals surface area contributed by atoms with Gasteiger partial charge in [-0.3, -0.25) is 9.69 Å². The van der Waals surface area contributed by atoms with E-state index in [1.54, 1.807) is 23.5 Å². The molecule has 6 heteroatoms. The van der Waals surface area contributed by atoms with Gasteiger partial charge in [0.25, 0.3) is 0 Å². The summed E-state index contributed by atoms with van der Waals surface area (Å²) in [6.07, 6.45) is 5.34. The van der Waals surface area contributed by atoms with Crippen LogP contribution in [0.25, 0.3) is 0 Å². The number of carbonyl (C=O) groups excluding carboxylic acids is 1. The third-order valence-electron chi connectivity index (χ3n) is 5.76. The molecule has 0 radical (unpaired) electrons. The van der Waals surface area contributed by atoms with E-state index < -0.39 is 6.10 Å². The Kier molecular flexibility index (Phi) is 9.09. The number of rotatable bonds is 12. The summed E-state index contributed by atoms with van der Waals surface area (Å²) < 4.78 is 6.10. The van der Waals surface area contributed by atoms with Crippen molar-refractivity contribution in [1.82, 2.24) is 9.80 Å². The van der Waals surface area contributed by atoms with E-state index in [0.29, 0.717) is 32.7 Å². The quantitative estimate of drug-likeness (QED) is 0.484. The number of aliphatic hydroxyl groups excluding tert-OH is 1. The van der Waals surface area contributed by atoms with E-state index in [2.05, 4.69) is 24.6 Å². The van der Waals surface area contributed by atoms with Crippen molar-refractivity contribution < 1.29 is 14.6 Å². The number of allylic oxidation sites excluding steroid dienone is 1. The smallest absolute Gasteiger partial charge is 0.237 e. The lowest BCUT2D eigenvalue weighted by atomic mass is 10.0. The molecule has 0 aliphatic carbocycles. The van der Waals surface area contributed by atoms with Gasteiger partial charge in [0.05, 0.1) is 18.7 Å². The van der Waals surface area contributed by atoms with Gasteiger partial charge in [-0.1, -0.05) is 29.8 Å². The van der Waals surface area contributed by atoms with Crippen LogP contribution in [0.2, 0.25) is 0 Å². The van der Waals surface area contributed by atoms with E-state index in [-0.39, 0.29) is 18.5 Å². The molecule has 1 aliphatic rings. The summed E-state index contributed by atoms with van der Waals surface area (Å²) in [5, 5.41) is 12.4. The van der Waals surface area contributed by atoms with Crippen LogP contribution in [0, 0.1) is 6.92 Å². The van der Waals surface area contributed by atoms with Crippen LogP contribution in [0.3, 0.4) is 0 Å². The minimum Gasteiger partial charge on any atom is -0.491 e. The molecule has 0 fully saturated rings. The van der Waals surface area contributed by atoms with Gasteiger partial charge < -0.3 is 14.7 Å². The van der Waals surface area contributed by atoms with Crippen LogP contribution in [-0.2, 0) is 11.2 Å². The van der Waals surface area contributed by atoms with Gasteiger partial charge in [-0.15, -0.1) is 24.5 Å². The SMILES string of the molecule is C=CCC[C@@H](O)CN(CC=C)CC(=O)N1CCc2sccc2[C@@H]1COc1ccc(C)cc1. The minimum absolute atomic E-state index is 0.0529. The van der Waals surface area contributed by atoms with Crippen molar-refractivity contribution in [2.75, 3.05) is 32.8 Å². The third kappa shape index (κ3) is 6.55. The molecular formula is C26H34N2O3S. The largest absolute Gasteiger partial charge is 0.491 e. The minimum atomic E-state index is -0.494. The molecule has 0 saturated heterocycles. The number of benzene rings is 1. The molecule has 3 rings (SSSR count). The number of thiophene rings is 1. The van der Waals surface area contributed by atoms with Crippen molar-refractivity contribution in [3.8, 4) is 5.75 Å². The summed E-state index contributed by atoms with van der Waals surface area (Å²) in [7, 11) is 0. The van der Waals surface area contributed by atoms with E-state index in [1.165, 1.54) is 16.0 Å². The Morgan fingerprint density at radius 1 is 1.31 bits per heavy atom. The molecule has 2 heterocycles. The molecule has 1 N–H and O–H groups in total. The number of amides is 1. The Hall–Kier alpha value is -2.41. The maximum atomic E-state index is 13.4. The lowest BCUT2D eigenvalue weighted by molar-refractivity contribution is -0.136. The lowest BCUT2D eigenvalue weighted by Gasteiger charge is -2.37. The second-order valence-corrected chi connectivity index (χ2v) is 9.28. The topological polar surface area (TPSA) is 53.0 Å². The first-order valence-corrected chi connectivity index (χ1v) is 12.1. The molecule has 1 amide bonds. The summed E-state index contributed by atoms with van der Waals surface area (Å²) in [6, 6.07) is 9.99. The predicted molar refractivity (Wildman–Crippen MR) is 131 cm³/mol. The monoisotopic (exact) mass is 454 g/mol. The number of aryl methyl sites for hydroxylation is 1. The van der Waals surface area contributed by atoms with Crippen LogP contribution < -0.4 is 4.74 Å². The van der Waals surface area contributed by atoms with E-state index >= 15 is 0 Å². The maximum absolute atomic E-state index is 13.4. The van der Waals surface area contributed by atoms with E-state index in [9.17, 15) is 9.90 Å². The molecule has 0 spiro atoms. The molecular weight excluding hydrogens is 420 g/mol.